The minimum atomic E-state index is -0.761. The van der Waals surface area contributed by atoms with E-state index in [2.05, 4.69) is 4.74 Å². The number of allylic oxidation sites excluding steroid dienone is 1. The van der Waals surface area contributed by atoms with Gasteiger partial charge in [-0.1, -0.05) is 35.3 Å². The second-order valence-corrected chi connectivity index (χ2v) is 4.61. The van der Waals surface area contributed by atoms with Crippen molar-refractivity contribution in [2.24, 2.45) is 0 Å². The summed E-state index contributed by atoms with van der Waals surface area (Å²) in [6.07, 6.45) is 0.0712. The van der Waals surface area contributed by atoms with Gasteiger partial charge in [0.15, 0.2) is 0 Å². The van der Waals surface area contributed by atoms with Gasteiger partial charge >= 0.3 is 5.97 Å². The fourth-order valence-corrected chi connectivity index (χ4v) is 1.94. The van der Waals surface area contributed by atoms with E-state index in [0.29, 0.717) is 15.6 Å². The molecule has 0 aromatic heterocycles. The van der Waals surface area contributed by atoms with Crippen molar-refractivity contribution in [2.45, 2.75) is 13.3 Å². The number of aliphatic hydroxyl groups excluding tert-OH is 1. The molecule has 0 radical (unpaired) electrons. The first-order valence-corrected chi connectivity index (χ1v) is 6.13. The van der Waals surface area contributed by atoms with Crippen molar-refractivity contribution < 1.29 is 14.6 Å². The molecule has 0 bridgehead atoms. The number of benzene rings is 1. The molecule has 0 aliphatic rings. The largest absolute Gasteiger partial charge is 0.512 e. The van der Waals surface area contributed by atoms with Crippen molar-refractivity contribution in [1.29, 1.82) is 5.41 Å². The van der Waals surface area contributed by atoms with Gasteiger partial charge in [-0.3, -0.25) is 0 Å². The van der Waals surface area contributed by atoms with E-state index in [0.717, 1.165) is 0 Å². The van der Waals surface area contributed by atoms with E-state index in [1.54, 1.807) is 18.2 Å². The maximum Gasteiger partial charge on any atom is 0.343 e. The number of ether oxygens (including phenoxy) is 1. The van der Waals surface area contributed by atoms with Crippen LogP contribution in [0.5, 0.6) is 0 Å². The summed E-state index contributed by atoms with van der Waals surface area (Å²) in [7, 11) is 1.19. The van der Waals surface area contributed by atoms with Crippen molar-refractivity contribution in [3.63, 3.8) is 0 Å². The third kappa shape index (κ3) is 3.72. The third-order valence-electron chi connectivity index (χ3n) is 2.45. The van der Waals surface area contributed by atoms with Crippen molar-refractivity contribution in [2.75, 3.05) is 7.11 Å². The summed E-state index contributed by atoms with van der Waals surface area (Å²) in [4.78, 5) is 11.5. The van der Waals surface area contributed by atoms with Crippen LogP contribution >= 0.6 is 23.2 Å². The second-order valence-electron chi connectivity index (χ2n) is 3.82. The van der Waals surface area contributed by atoms with Crippen LogP contribution in [0.4, 0.5) is 0 Å². The Hall–Kier alpha value is -1.52. The number of rotatable bonds is 4. The number of carbonyl (C=O) groups excluding carboxylic acids is 1. The smallest absolute Gasteiger partial charge is 0.343 e. The molecular weight excluding hydrogens is 289 g/mol. The van der Waals surface area contributed by atoms with Crippen LogP contribution in [0.1, 0.15) is 12.5 Å². The molecule has 102 valence electrons. The first kappa shape index (κ1) is 15.5. The zero-order chi connectivity index (χ0) is 14.6. The Morgan fingerprint density at radius 1 is 1.42 bits per heavy atom. The second kappa shape index (κ2) is 6.59. The molecule has 1 aromatic carbocycles. The number of carbonyl (C=O) groups is 1. The molecule has 1 aromatic rings. The monoisotopic (exact) mass is 301 g/mol. The standard InChI is InChI=1S/C13H13Cl2NO3/c1-7(17)11(13(18)19-2)10(16)6-8-4-3-5-9(14)12(8)15/h3-5,16-17H,6H2,1-2H3. The van der Waals surface area contributed by atoms with Gasteiger partial charge in [-0.15, -0.1) is 0 Å². The van der Waals surface area contributed by atoms with Crippen LogP contribution in [0.3, 0.4) is 0 Å². The predicted molar refractivity (Wildman–Crippen MR) is 75.2 cm³/mol. The molecule has 2 N–H and O–H groups in total. The number of nitrogens with one attached hydrogen (secondary N) is 1. The molecule has 0 amide bonds. The highest BCUT2D eigenvalue weighted by Crippen LogP contribution is 2.26. The summed E-state index contributed by atoms with van der Waals surface area (Å²) < 4.78 is 4.53. The fourth-order valence-electron chi connectivity index (χ4n) is 1.56. The molecule has 6 heteroatoms. The van der Waals surface area contributed by atoms with Crippen LogP contribution in [0.15, 0.2) is 29.5 Å². The molecule has 19 heavy (non-hydrogen) atoms. The molecule has 4 nitrogen and oxygen atoms in total. The molecule has 0 aliphatic heterocycles. The SMILES string of the molecule is COC(=O)C(C(=N)Cc1cccc(Cl)c1Cl)=C(C)O. The van der Waals surface area contributed by atoms with Crippen molar-refractivity contribution >= 4 is 34.9 Å². The highest BCUT2D eigenvalue weighted by molar-refractivity contribution is 6.42. The number of hydrogen-bond acceptors (Lipinski definition) is 4. The van der Waals surface area contributed by atoms with Crippen molar-refractivity contribution in [3.8, 4) is 0 Å². The molecule has 0 saturated heterocycles. The van der Waals surface area contributed by atoms with E-state index in [1.807, 2.05) is 0 Å². The van der Waals surface area contributed by atoms with Crippen LogP contribution < -0.4 is 0 Å². The maximum absolute atomic E-state index is 11.5. The molecule has 0 fully saturated rings. The Labute approximate surface area is 121 Å². The number of hydrogen-bond donors (Lipinski definition) is 2. The Kier molecular flexibility index (Phi) is 5.39. The van der Waals surface area contributed by atoms with Gasteiger partial charge in [-0.2, -0.15) is 0 Å². The third-order valence-corrected chi connectivity index (χ3v) is 3.31. The number of halogens is 2. The summed E-state index contributed by atoms with van der Waals surface area (Å²) in [5.74, 6) is -1.03. The maximum atomic E-state index is 11.5. The Morgan fingerprint density at radius 2 is 2.05 bits per heavy atom. The minimum absolute atomic E-state index is 0.0712. The zero-order valence-electron chi connectivity index (χ0n) is 10.5. The first-order valence-electron chi connectivity index (χ1n) is 5.37. The molecule has 0 aliphatic carbocycles. The van der Waals surface area contributed by atoms with E-state index in [-0.39, 0.29) is 23.5 Å². The predicted octanol–water partition coefficient (Wildman–Crippen LogP) is 3.56. The molecule has 0 heterocycles. The van der Waals surface area contributed by atoms with Gasteiger partial charge in [-0.05, 0) is 18.6 Å². The number of esters is 1. The van der Waals surface area contributed by atoms with Crippen LogP contribution in [0.25, 0.3) is 0 Å². The molecule has 0 spiro atoms. The summed E-state index contributed by atoms with van der Waals surface area (Å²) in [5, 5.41) is 18.1. The first-order chi connectivity index (χ1) is 8.88. The van der Waals surface area contributed by atoms with E-state index >= 15 is 0 Å². The quantitative estimate of drug-likeness (QED) is 0.386. The minimum Gasteiger partial charge on any atom is -0.512 e. The van der Waals surface area contributed by atoms with Crippen LogP contribution in [0, 0.1) is 5.41 Å². The van der Waals surface area contributed by atoms with Gasteiger partial charge in [0.05, 0.1) is 22.9 Å². The Balaban J connectivity index is 3.05. The van der Waals surface area contributed by atoms with Gasteiger partial charge in [0.1, 0.15) is 11.3 Å². The van der Waals surface area contributed by atoms with Gasteiger partial charge in [0.25, 0.3) is 0 Å². The highest BCUT2D eigenvalue weighted by atomic mass is 35.5. The Morgan fingerprint density at radius 3 is 2.58 bits per heavy atom. The van der Waals surface area contributed by atoms with Crippen LogP contribution in [0.2, 0.25) is 10.0 Å². The van der Waals surface area contributed by atoms with E-state index in [4.69, 9.17) is 28.6 Å². The topological polar surface area (TPSA) is 70.4 Å². The van der Waals surface area contributed by atoms with Crippen LogP contribution in [-0.4, -0.2) is 23.9 Å². The van der Waals surface area contributed by atoms with Gasteiger partial charge in [0, 0.05) is 6.42 Å². The normalized spacial score (nSPS) is 11.8. The van der Waals surface area contributed by atoms with Crippen molar-refractivity contribution in [3.05, 3.63) is 45.1 Å². The van der Waals surface area contributed by atoms with Crippen molar-refractivity contribution in [1.82, 2.24) is 0 Å². The lowest BCUT2D eigenvalue weighted by molar-refractivity contribution is -0.135. The van der Waals surface area contributed by atoms with E-state index in [9.17, 15) is 9.90 Å². The van der Waals surface area contributed by atoms with E-state index < -0.39 is 5.97 Å². The highest BCUT2D eigenvalue weighted by Gasteiger charge is 2.20. The lowest BCUT2D eigenvalue weighted by atomic mass is 10.0. The van der Waals surface area contributed by atoms with E-state index in [1.165, 1.54) is 14.0 Å². The fraction of sp³-hybridized carbons (Fsp3) is 0.231. The van der Waals surface area contributed by atoms with Gasteiger partial charge in [-0.25, -0.2) is 4.79 Å². The summed E-state index contributed by atoms with van der Waals surface area (Å²) in [5.41, 5.74) is 0.344. The number of aliphatic hydroxyl groups is 1. The average molecular weight is 302 g/mol. The molecule has 1 rings (SSSR count). The summed E-state index contributed by atoms with van der Waals surface area (Å²) >= 11 is 11.9. The Bertz CT molecular complexity index is 549. The lowest BCUT2D eigenvalue weighted by Gasteiger charge is -2.10. The van der Waals surface area contributed by atoms with Gasteiger partial charge < -0.3 is 15.3 Å². The molecule has 0 saturated carbocycles. The molecular formula is C13H13Cl2NO3. The summed E-state index contributed by atoms with van der Waals surface area (Å²) in [6, 6.07) is 5.03. The van der Waals surface area contributed by atoms with Crippen LogP contribution in [-0.2, 0) is 16.0 Å². The molecule has 0 atom stereocenters. The molecule has 0 unspecified atom stereocenters. The van der Waals surface area contributed by atoms with Gasteiger partial charge in [0.2, 0.25) is 0 Å². The number of methoxy groups -OCH3 is 1. The lowest BCUT2D eigenvalue weighted by Crippen LogP contribution is -2.18. The zero-order valence-corrected chi connectivity index (χ0v) is 12.0. The average Bonchev–Trinajstić information content (AvgIpc) is 2.34. The summed E-state index contributed by atoms with van der Waals surface area (Å²) in [6.45, 7) is 1.32.